The lowest BCUT2D eigenvalue weighted by atomic mass is 9.95. The highest BCUT2D eigenvalue weighted by Gasteiger charge is 2.37. The van der Waals surface area contributed by atoms with Crippen LogP contribution in [0.2, 0.25) is 0 Å². The minimum Gasteiger partial charge on any atom is -0.459 e. The van der Waals surface area contributed by atoms with E-state index in [0.717, 1.165) is 24.0 Å². The molecular formula is C22H22N2O3. The molecule has 0 spiro atoms. The number of rotatable bonds is 6. The second-order valence-electron chi connectivity index (χ2n) is 7.26. The van der Waals surface area contributed by atoms with Crippen LogP contribution in [0.5, 0.6) is 0 Å². The summed E-state index contributed by atoms with van der Waals surface area (Å²) < 4.78 is 7.04. The predicted molar refractivity (Wildman–Crippen MR) is 102 cm³/mol. The van der Waals surface area contributed by atoms with Gasteiger partial charge in [0.25, 0.3) is 5.56 Å². The molecule has 2 heterocycles. The maximum atomic E-state index is 12.7. The molecule has 0 N–H and O–H groups in total. The standard InChI is InChI=1S/C22H22N2O3/c1-15-7-10-20-23-18(12-21(25)24(20)13-15)14-27-22(26)19(17-8-9-17)11-16-5-3-2-4-6-16/h2-7,10,12-13,17,19H,8-9,11,14H2,1H3. The number of aromatic nitrogens is 2. The van der Waals surface area contributed by atoms with Crippen molar-refractivity contribution in [3.05, 3.63) is 81.9 Å². The molecule has 0 amide bonds. The lowest BCUT2D eigenvalue weighted by Gasteiger charge is -2.15. The van der Waals surface area contributed by atoms with Crippen LogP contribution in [0.25, 0.3) is 5.65 Å². The first-order valence-corrected chi connectivity index (χ1v) is 9.29. The summed E-state index contributed by atoms with van der Waals surface area (Å²) in [6, 6.07) is 15.2. The Balaban J connectivity index is 1.47. The monoisotopic (exact) mass is 362 g/mol. The van der Waals surface area contributed by atoms with Crippen LogP contribution in [-0.4, -0.2) is 15.4 Å². The fourth-order valence-electron chi connectivity index (χ4n) is 3.39. The van der Waals surface area contributed by atoms with E-state index in [0.29, 0.717) is 23.7 Å². The van der Waals surface area contributed by atoms with Gasteiger partial charge in [0.1, 0.15) is 12.3 Å². The number of carbonyl (C=O) groups is 1. The topological polar surface area (TPSA) is 60.7 Å². The Morgan fingerprint density at radius 1 is 1.22 bits per heavy atom. The van der Waals surface area contributed by atoms with Crippen LogP contribution >= 0.6 is 0 Å². The van der Waals surface area contributed by atoms with Gasteiger partial charge >= 0.3 is 5.97 Å². The van der Waals surface area contributed by atoms with Crippen LogP contribution in [0, 0.1) is 18.8 Å². The van der Waals surface area contributed by atoms with Gasteiger partial charge in [0.05, 0.1) is 11.6 Å². The minimum absolute atomic E-state index is 0.0243. The zero-order valence-corrected chi connectivity index (χ0v) is 15.3. The van der Waals surface area contributed by atoms with Crippen molar-refractivity contribution in [2.24, 2.45) is 11.8 Å². The molecule has 4 rings (SSSR count). The van der Waals surface area contributed by atoms with E-state index in [4.69, 9.17) is 4.74 Å². The Labute approximate surface area is 157 Å². The summed E-state index contributed by atoms with van der Waals surface area (Å²) in [6.07, 6.45) is 4.59. The molecule has 5 nitrogen and oxygen atoms in total. The molecule has 1 fully saturated rings. The summed E-state index contributed by atoms with van der Waals surface area (Å²) in [5.74, 6) is 0.0692. The maximum absolute atomic E-state index is 12.7. The summed E-state index contributed by atoms with van der Waals surface area (Å²) >= 11 is 0. The lowest BCUT2D eigenvalue weighted by molar-refractivity contribution is -0.150. The van der Waals surface area contributed by atoms with Crippen molar-refractivity contribution < 1.29 is 9.53 Å². The van der Waals surface area contributed by atoms with Gasteiger partial charge in [-0.05, 0) is 49.3 Å². The Kier molecular flexibility index (Phi) is 4.75. The van der Waals surface area contributed by atoms with E-state index in [1.807, 2.05) is 43.3 Å². The molecule has 5 heteroatoms. The Bertz CT molecular complexity index is 1020. The lowest BCUT2D eigenvalue weighted by Crippen LogP contribution is -2.23. The normalized spacial score (nSPS) is 14.9. The van der Waals surface area contributed by atoms with Gasteiger partial charge in [-0.3, -0.25) is 14.0 Å². The van der Waals surface area contributed by atoms with Crippen molar-refractivity contribution in [1.29, 1.82) is 0 Å². The zero-order valence-electron chi connectivity index (χ0n) is 15.3. The number of hydrogen-bond acceptors (Lipinski definition) is 4. The number of hydrogen-bond donors (Lipinski definition) is 0. The molecule has 1 aromatic carbocycles. The molecule has 0 radical (unpaired) electrons. The van der Waals surface area contributed by atoms with Crippen LogP contribution < -0.4 is 5.56 Å². The molecule has 1 atom stereocenters. The van der Waals surface area contributed by atoms with Crippen molar-refractivity contribution in [2.45, 2.75) is 32.8 Å². The van der Waals surface area contributed by atoms with Gasteiger partial charge in [-0.1, -0.05) is 36.4 Å². The van der Waals surface area contributed by atoms with Gasteiger partial charge in [-0.25, -0.2) is 4.98 Å². The van der Waals surface area contributed by atoms with Crippen LogP contribution in [0.1, 0.15) is 29.7 Å². The highest BCUT2D eigenvalue weighted by molar-refractivity contribution is 5.73. The number of esters is 1. The number of carbonyl (C=O) groups excluding carboxylic acids is 1. The van der Waals surface area contributed by atoms with Crippen LogP contribution in [0.3, 0.4) is 0 Å². The van der Waals surface area contributed by atoms with Gasteiger partial charge < -0.3 is 4.74 Å². The summed E-state index contributed by atoms with van der Waals surface area (Å²) in [5.41, 5.74) is 2.99. The molecule has 0 saturated heterocycles. The average Bonchev–Trinajstić information content (AvgIpc) is 3.51. The van der Waals surface area contributed by atoms with Gasteiger partial charge in [-0.15, -0.1) is 0 Å². The van der Waals surface area contributed by atoms with E-state index in [1.54, 1.807) is 12.3 Å². The largest absolute Gasteiger partial charge is 0.459 e. The minimum atomic E-state index is -0.202. The summed E-state index contributed by atoms with van der Waals surface area (Å²) in [6.45, 7) is 1.95. The van der Waals surface area contributed by atoms with Gasteiger partial charge in [-0.2, -0.15) is 0 Å². The van der Waals surface area contributed by atoms with E-state index in [-0.39, 0.29) is 24.1 Å². The molecule has 2 aromatic heterocycles. The molecule has 0 bridgehead atoms. The molecule has 1 saturated carbocycles. The number of benzene rings is 1. The predicted octanol–water partition coefficient (Wildman–Crippen LogP) is 3.32. The number of pyridine rings is 1. The van der Waals surface area contributed by atoms with Crippen LogP contribution in [0.15, 0.2) is 59.5 Å². The van der Waals surface area contributed by atoms with E-state index in [9.17, 15) is 9.59 Å². The van der Waals surface area contributed by atoms with Crippen molar-refractivity contribution >= 4 is 11.6 Å². The molecule has 1 unspecified atom stereocenters. The zero-order chi connectivity index (χ0) is 18.8. The highest BCUT2D eigenvalue weighted by Crippen LogP contribution is 2.39. The molecule has 1 aliphatic carbocycles. The third-order valence-corrected chi connectivity index (χ3v) is 5.02. The Hall–Kier alpha value is -2.95. The summed E-state index contributed by atoms with van der Waals surface area (Å²) in [7, 11) is 0. The SMILES string of the molecule is Cc1ccc2nc(COC(=O)C(Cc3ccccc3)C3CC3)cc(=O)n2c1. The van der Waals surface area contributed by atoms with E-state index in [2.05, 4.69) is 4.98 Å². The third-order valence-electron chi connectivity index (χ3n) is 5.02. The van der Waals surface area contributed by atoms with Crippen LogP contribution in [-0.2, 0) is 22.6 Å². The number of fused-ring (bicyclic) bond motifs is 1. The van der Waals surface area contributed by atoms with Gasteiger partial charge in [0.15, 0.2) is 0 Å². The molecule has 3 aromatic rings. The first-order chi connectivity index (χ1) is 13.1. The van der Waals surface area contributed by atoms with E-state index in [1.165, 1.54) is 10.5 Å². The Morgan fingerprint density at radius 3 is 2.74 bits per heavy atom. The molecular weight excluding hydrogens is 340 g/mol. The summed E-state index contributed by atoms with van der Waals surface area (Å²) in [5, 5.41) is 0. The average molecular weight is 362 g/mol. The smallest absolute Gasteiger partial charge is 0.309 e. The fraction of sp³-hybridized carbons (Fsp3) is 0.318. The van der Waals surface area contributed by atoms with E-state index >= 15 is 0 Å². The Morgan fingerprint density at radius 2 is 2.00 bits per heavy atom. The maximum Gasteiger partial charge on any atom is 0.309 e. The van der Waals surface area contributed by atoms with Crippen molar-refractivity contribution in [3.63, 3.8) is 0 Å². The molecule has 138 valence electrons. The number of nitrogens with zero attached hydrogens (tertiary/aromatic N) is 2. The second kappa shape index (κ2) is 7.35. The molecule has 27 heavy (non-hydrogen) atoms. The van der Waals surface area contributed by atoms with Crippen LogP contribution in [0.4, 0.5) is 0 Å². The first kappa shape index (κ1) is 17.5. The summed E-state index contributed by atoms with van der Waals surface area (Å²) in [4.78, 5) is 29.4. The van der Waals surface area contributed by atoms with Crippen molar-refractivity contribution in [3.8, 4) is 0 Å². The molecule has 1 aliphatic rings. The second-order valence-corrected chi connectivity index (χ2v) is 7.26. The van der Waals surface area contributed by atoms with Crippen molar-refractivity contribution in [2.75, 3.05) is 0 Å². The third kappa shape index (κ3) is 4.08. The van der Waals surface area contributed by atoms with Gasteiger partial charge in [0, 0.05) is 12.3 Å². The molecule has 0 aliphatic heterocycles. The number of aryl methyl sites for hydroxylation is 1. The van der Waals surface area contributed by atoms with E-state index < -0.39 is 0 Å². The highest BCUT2D eigenvalue weighted by atomic mass is 16.5. The quantitative estimate of drug-likeness (QED) is 0.631. The first-order valence-electron chi connectivity index (χ1n) is 9.29. The fourth-order valence-corrected chi connectivity index (χ4v) is 3.39. The van der Waals surface area contributed by atoms with Crippen molar-refractivity contribution in [1.82, 2.24) is 9.38 Å². The van der Waals surface area contributed by atoms with Gasteiger partial charge in [0.2, 0.25) is 0 Å². The number of ether oxygens (including phenoxy) is 1.